The van der Waals surface area contributed by atoms with Gasteiger partial charge in [-0.3, -0.25) is 24.7 Å². The molecule has 170 valence electrons. The molecule has 1 heterocycles. The number of ether oxygens (including phenoxy) is 1. The zero-order chi connectivity index (χ0) is 23.3. The van der Waals surface area contributed by atoms with Gasteiger partial charge in [-0.15, -0.1) is 0 Å². The summed E-state index contributed by atoms with van der Waals surface area (Å²) in [4.78, 5) is 24.7. The number of rotatable bonds is 6. The van der Waals surface area contributed by atoms with E-state index in [1.165, 1.54) is 10.4 Å². The fourth-order valence-electron chi connectivity index (χ4n) is 3.56. The SMILES string of the molecule is O=C(COc1ccccc1-c1ccccc1)NNC(=O)c1cccc(N2CCCS2(=O)=O)c1. The van der Waals surface area contributed by atoms with Crippen LogP contribution in [0.1, 0.15) is 16.8 Å². The molecule has 3 aromatic carbocycles. The fourth-order valence-corrected chi connectivity index (χ4v) is 5.11. The monoisotopic (exact) mass is 465 g/mol. The summed E-state index contributed by atoms with van der Waals surface area (Å²) < 4.78 is 31.2. The smallest absolute Gasteiger partial charge is 0.276 e. The molecule has 1 aliphatic heterocycles. The third kappa shape index (κ3) is 5.32. The fraction of sp³-hybridized carbons (Fsp3) is 0.167. The highest BCUT2D eigenvalue weighted by Crippen LogP contribution is 2.29. The molecule has 0 aliphatic carbocycles. The number of sulfonamides is 1. The number of benzene rings is 3. The molecule has 0 spiro atoms. The normalized spacial score (nSPS) is 14.5. The van der Waals surface area contributed by atoms with Crippen LogP contribution in [0, 0.1) is 0 Å². The number of hydrogen-bond donors (Lipinski definition) is 2. The van der Waals surface area contributed by atoms with Gasteiger partial charge in [-0.2, -0.15) is 0 Å². The lowest BCUT2D eigenvalue weighted by Gasteiger charge is -2.17. The zero-order valence-electron chi connectivity index (χ0n) is 17.7. The predicted molar refractivity (Wildman–Crippen MR) is 125 cm³/mol. The summed E-state index contributed by atoms with van der Waals surface area (Å²) in [5.41, 5.74) is 7.11. The molecule has 2 N–H and O–H groups in total. The second-order valence-corrected chi connectivity index (χ2v) is 9.46. The standard InChI is InChI=1S/C24H23N3O5S/c28-23(17-32-22-13-5-4-12-21(22)18-8-2-1-3-9-18)25-26-24(29)19-10-6-11-20(16-19)27-14-7-15-33(27,30)31/h1-6,8-13,16H,7,14-15,17H2,(H,25,28)(H,26,29). The molecule has 4 rings (SSSR count). The van der Waals surface area contributed by atoms with Crippen molar-refractivity contribution in [1.29, 1.82) is 0 Å². The molecule has 0 radical (unpaired) electrons. The lowest BCUT2D eigenvalue weighted by Crippen LogP contribution is -2.43. The van der Waals surface area contributed by atoms with E-state index in [1.807, 2.05) is 48.5 Å². The largest absolute Gasteiger partial charge is 0.483 e. The number of hydrogen-bond acceptors (Lipinski definition) is 5. The van der Waals surface area contributed by atoms with E-state index in [9.17, 15) is 18.0 Å². The number of para-hydroxylation sites is 1. The van der Waals surface area contributed by atoms with E-state index in [2.05, 4.69) is 10.9 Å². The van der Waals surface area contributed by atoms with E-state index in [-0.39, 0.29) is 17.9 Å². The van der Waals surface area contributed by atoms with Gasteiger partial charge in [0.1, 0.15) is 5.75 Å². The molecule has 0 aromatic heterocycles. The third-order valence-corrected chi connectivity index (χ3v) is 7.01. The van der Waals surface area contributed by atoms with Crippen LogP contribution in [0.3, 0.4) is 0 Å². The van der Waals surface area contributed by atoms with Crippen molar-refractivity contribution >= 4 is 27.5 Å². The summed E-state index contributed by atoms with van der Waals surface area (Å²) in [6, 6.07) is 23.3. The zero-order valence-corrected chi connectivity index (χ0v) is 18.5. The van der Waals surface area contributed by atoms with Crippen LogP contribution in [0.2, 0.25) is 0 Å². The van der Waals surface area contributed by atoms with E-state index in [0.717, 1.165) is 11.1 Å². The number of nitrogens with zero attached hydrogens (tertiary/aromatic N) is 1. The maximum absolute atomic E-state index is 12.5. The first-order valence-electron chi connectivity index (χ1n) is 10.4. The molecule has 1 fully saturated rings. The van der Waals surface area contributed by atoms with Crippen LogP contribution >= 0.6 is 0 Å². The second kappa shape index (κ2) is 9.74. The summed E-state index contributed by atoms with van der Waals surface area (Å²) in [5, 5.41) is 0. The van der Waals surface area contributed by atoms with Crippen LogP contribution in [0.5, 0.6) is 5.75 Å². The molecule has 0 atom stereocenters. The van der Waals surface area contributed by atoms with E-state index in [1.54, 1.807) is 24.3 Å². The number of nitrogens with one attached hydrogen (secondary N) is 2. The van der Waals surface area contributed by atoms with Crippen molar-refractivity contribution in [3.63, 3.8) is 0 Å². The van der Waals surface area contributed by atoms with E-state index in [0.29, 0.717) is 24.4 Å². The maximum Gasteiger partial charge on any atom is 0.276 e. The van der Waals surface area contributed by atoms with E-state index in [4.69, 9.17) is 4.74 Å². The summed E-state index contributed by atoms with van der Waals surface area (Å²) in [6.45, 7) is 0.0854. The van der Waals surface area contributed by atoms with Gasteiger partial charge in [0.15, 0.2) is 6.61 Å². The van der Waals surface area contributed by atoms with Gasteiger partial charge in [0.05, 0.1) is 11.4 Å². The highest BCUT2D eigenvalue weighted by atomic mass is 32.2. The summed E-state index contributed by atoms with van der Waals surface area (Å²) in [5.74, 6) is -0.465. The molecule has 2 amide bonds. The molecular weight excluding hydrogens is 442 g/mol. The van der Waals surface area contributed by atoms with Crippen molar-refractivity contribution in [2.75, 3.05) is 23.2 Å². The third-order valence-electron chi connectivity index (χ3n) is 5.14. The molecule has 33 heavy (non-hydrogen) atoms. The molecule has 3 aromatic rings. The van der Waals surface area contributed by atoms with Crippen LogP contribution in [-0.2, 0) is 14.8 Å². The lowest BCUT2D eigenvalue weighted by atomic mass is 10.1. The molecule has 0 bridgehead atoms. The molecule has 1 aliphatic rings. The molecule has 8 nitrogen and oxygen atoms in total. The second-order valence-electron chi connectivity index (χ2n) is 7.45. The highest BCUT2D eigenvalue weighted by Gasteiger charge is 2.28. The summed E-state index contributed by atoms with van der Waals surface area (Å²) >= 11 is 0. The van der Waals surface area contributed by atoms with Crippen molar-refractivity contribution in [3.05, 3.63) is 84.4 Å². The average molecular weight is 466 g/mol. The highest BCUT2D eigenvalue weighted by molar-refractivity contribution is 7.93. The Bertz CT molecular complexity index is 1260. The van der Waals surface area contributed by atoms with Crippen LogP contribution in [0.25, 0.3) is 11.1 Å². The minimum atomic E-state index is -3.35. The van der Waals surface area contributed by atoms with Gasteiger partial charge in [-0.25, -0.2) is 8.42 Å². The van der Waals surface area contributed by atoms with Crippen LogP contribution in [0.4, 0.5) is 5.69 Å². The Morgan fingerprint density at radius 1 is 0.909 bits per heavy atom. The Balaban J connectivity index is 1.34. The Hall–Kier alpha value is -3.85. The van der Waals surface area contributed by atoms with Crippen molar-refractivity contribution in [2.24, 2.45) is 0 Å². The van der Waals surface area contributed by atoms with Crippen molar-refractivity contribution in [2.45, 2.75) is 6.42 Å². The first kappa shape index (κ1) is 22.3. The predicted octanol–water partition coefficient (Wildman–Crippen LogP) is 2.73. The van der Waals surface area contributed by atoms with Gasteiger partial charge >= 0.3 is 0 Å². The average Bonchev–Trinajstić information content (AvgIpc) is 3.21. The number of carbonyl (C=O) groups excluding carboxylic acids is 2. The Morgan fingerprint density at radius 3 is 2.42 bits per heavy atom. The number of anilines is 1. The minimum absolute atomic E-state index is 0.0902. The van der Waals surface area contributed by atoms with Crippen molar-refractivity contribution < 1.29 is 22.7 Å². The minimum Gasteiger partial charge on any atom is -0.483 e. The topological polar surface area (TPSA) is 105 Å². The van der Waals surface area contributed by atoms with Crippen LogP contribution in [0.15, 0.2) is 78.9 Å². The van der Waals surface area contributed by atoms with Crippen molar-refractivity contribution in [1.82, 2.24) is 10.9 Å². The summed E-state index contributed by atoms with van der Waals surface area (Å²) in [6.07, 6.45) is 0.544. The first-order chi connectivity index (χ1) is 15.9. The van der Waals surface area contributed by atoms with E-state index >= 15 is 0 Å². The van der Waals surface area contributed by atoms with Gasteiger partial charge in [-0.05, 0) is 36.2 Å². The van der Waals surface area contributed by atoms with Crippen LogP contribution < -0.4 is 19.9 Å². The van der Waals surface area contributed by atoms with Crippen LogP contribution in [-0.4, -0.2) is 39.1 Å². The number of amides is 2. The number of carbonyl (C=O) groups is 2. The Kier molecular flexibility index (Phi) is 6.60. The molecule has 9 heteroatoms. The number of hydrazine groups is 1. The quantitative estimate of drug-likeness (QED) is 0.545. The molecule has 1 saturated heterocycles. The Labute approximate surface area is 192 Å². The molecule has 0 saturated carbocycles. The maximum atomic E-state index is 12.5. The molecular formula is C24H23N3O5S. The Morgan fingerprint density at radius 2 is 1.67 bits per heavy atom. The lowest BCUT2D eigenvalue weighted by molar-refractivity contribution is -0.123. The van der Waals surface area contributed by atoms with E-state index < -0.39 is 21.8 Å². The molecule has 0 unspecified atom stereocenters. The van der Waals surface area contributed by atoms with Gasteiger partial charge in [0.25, 0.3) is 11.8 Å². The summed E-state index contributed by atoms with van der Waals surface area (Å²) in [7, 11) is -3.35. The van der Waals surface area contributed by atoms with Gasteiger partial charge < -0.3 is 4.74 Å². The van der Waals surface area contributed by atoms with Gasteiger partial charge in [-0.1, -0.05) is 54.6 Å². The van der Waals surface area contributed by atoms with Gasteiger partial charge in [0.2, 0.25) is 10.0 Å². The first-order valence-corrected chi connectivity index (χ1v) is 12.0. The van der Waals surface area contributed by atoms with Crippen molar-refractivity contribution in [3.8, 4) is 16.9 Å². The van der Waals surface area contributed by atoms with Gasteiger partial charge in [0, 0.05) is 17.7 Å².